The Morgan fingerprint density at radius 3 is 2.43 bits per heavy atom. The molecule has 1 aromatic rings. The molecule has 114 valence electrons. The normalized spacial score (nSPS) is 17.1. The van der Waals surface area contributed by atoms with Crippen LogP contribution in [0, 0.1) is 10.1 Å². The number of non-ortho nitro benzene ring substituents is 1. The molecule has 0 unspecified atom stereocenters. The molecule has 0 N–H and O–H groups in total. The van der Waals surface area contributed by atoms with Gasteiger partial charge >= 0.3 is 0 Å². The van der Waals surface area contributed by atoms with Crippen LogP contribution in [0.3, 0.4) is 0 Å². The number of likely N-dealkylation sites (N-methyl/N-ethyl adjacent to an activating group) is 1. The van der Waals surface area contributed by atoms with Crippen molar-refractivity contribution in [3.63, 3.8) is 0 Å². The zero-order chi connectivity index (χ0) is 15.4. The highest BCUT2D eigenvalue weighted by Gasteiger charge is 2.22. The van der Waals surface area contributed by atoms with Crippen LogP contribution in [0.5, 0.6) is 0 Å². The first-order valence-electron chi connectivity index (χ1n) is 7.14. The van der Waals surface area contributed by atoms with E-state index < -0.39 is 4.92 Å². The first kappa shape index (κ1) is 15.6. The Morgan fingerprint density at radius 1 is 1.33 bits per heavy atom. The summed E-state index contributed by atoms with van der Waals surface area (Å²) >= 11 is 0. The fourth-order valence-corrected chi connectivity index (χ4v) is 2.65. The molecule has 1 aromatic carbocycles. The minimum absolute atomic E-state index is 0.00586. The molecule has 1 saturated heterocycles. The van der Waals surface area contributed by atoms with Gasteiger partial charge in [0.05, 0.1) is 11.5 Å². The number of nitro benzene ring substituents is 1. The average molecular weight is 291 g/mol. The zero-order valence-corrected chi connectivity index (χ0v) is 12.5. The second-order valence-corrected chi connectivity index (χ2v) is 5.68. The molecule has 1 heterocycles. The highest BCUT2D eigenvalue weighted by Crippen LogP contribution is 2.16. The number of likely N-dealkylation sites (tertiary alicyclic amines) is 1. The lowest BCUT2D eigenvalue weighted by Crippen LogP contribution is -2.43. The van der Waals surface area contributed by atoms with Crippen LogP contribution < -0.4 is 0 Å². The van der Waals surface area contributed by atoms with Crippen LogP contribution >= 0.6 is 0 Å². The van der Waals surface area contributed by atoms with Crippen molar-refractivity contribution in [1.82, 2.24) is 9.80 Å². The van der Waals surface area contributed by atoms with Crippen molar-refractivity contribution in [2.75, 3.05) is 33.7 Å². The van der Waals surface area contributed by atoms with Crippen LogP contribution in [-0.4, -0.2) is 60.3 Å². The molecule has 1 fully saturated rings. The molecule has 0 aliphatic carbocycles. The number of Topliss-reactive ketones (excluding diaryl/α,β-unsaturated/α-hetero) is 1. The van der Waals surface area contributed by atoms with Gasteiger partial charge in [0, 0.05) is 23.7 Å². The van der Waals surface area contributed by atoms with Crippen LogP contribution in [0.2, 0.25) is 0 Å². The number of carbonyl (C=O) groups excluding carboxylic acids is 1. The van der Waals surface area contributed by atoms with Gasteiger partial charge in [0.1, 0.15) is 0 Å². The van der Waals surface area contributed by atoms with E-state index in [4.69, 9.17) is 0 Å². The van der Waals surface area contributed by atoms with E-state index in [9.17, 15) is 14.9 Å². The van der Waals surface area contributed by atoms with Crippen LogP contribution in [0.25, 0.3) is 0 Å². The van der Waals surface area contributed by atoms with Gasteiger partial charge < -0.3 is 4.90 Å². The Balaban J connectivity index is 1.92. The van der Waals surface area contributed by atoms with Crippen molar-refractivity contribution in [1.29, 1.82) is 0 Å². The first-order chi connectivity index (χ1) is 9.97. The monoisotopic (exact) mass is 291 g/mol. The summed E-state index contributed by atoms with van der Waals surface area (Å²) in [4.78, 5) is 26.8. The SMILES string of the molecule is CN1CCC(N(C)CC(=O)c2ccc([N+](=O)[O-])cc2)CC1. The summed E-state index contributed by atoms with van der Waals surface area (Å²) < 4.78 is 0. The molecule has 2 rings (SSSR count). The predicted octanol–water partition coefficient (Wildman–Crippen LogP) is 1.80. The minimum Gasteiger partial charge on any atom is -0.306 e. The molecule has 0 spiro atoms. The molecule has 0 saturated carbocycles. The Bertz CT molecular complexity index is 507. The van der Waals surface area contributed by atoms with E-state index in [1.165, 1.54) is 24.3 Å². The maximum atomic E-state index is 12.2. The molecule has 1 aliphatic heterocycles. The highest BCUT2D eigenvalue weighted by atomic mass is 16.6. The lowest BCUT2D eigenvalue weighted by atomic mass is 10.0. The Labute approximate surface area is 124 Å². The van der Waals surface area contributed by atoms with E-state index in [1.54, 1.807) is 0 Å². The number of nitro groups is 1. The van der Waals surface area contributed by atoms with Crippen molar-refractivity contribution < 1.29 is 9.72 Å². The molecular formula is C15H21N3O3. The van der Waals surface area contributed by atoms with Gasteiger partial charge in [-0.15, -0.1) is 0 Å². The average Bonchev–Trinajstić information content (AvgIpc) is 2.47. The summed E-state index contributed by atoms with van der Waals surface area (Å²) in [7, 11) is 4.08. The number of hydrogen-bond acceptors (Lipinski definition) is 5. The van der Waals surface area contributed by atoms with Crippen molar-refractivity contribution in [2.24, 2.45) is 0 Å². The zero-order valence-electron chi connectivity index (χ0n) is 12.5. The summed E-state index contributed by atoms with van der Waals surface area (Å²) in [5.41, 5.74) is 0.538. The quantitative estimate of drug-likeness (QED) is 0.470. The third kappa shape index (κ3) is 4.09. The lowest BCUT2D eigenvalue weighted by Gasteiger charge is -2.34. The van der Waals surface area contributed by atoms with E-state index in [-0.39, 0.29) is 11.5 Å². The molecule has 0 bridgehead atoms. The smallest absolute Gasteiger partial charge is 0.269 e. The van der Waals surface area contributed by atoms with Crippen LogP contribution in [0.4, 0.5) is 5.69 Å². The van der Waals surface area contributed by atoms with Gasteiger partial charge in [0.15, 0.2) is 5.78 Å². The molecule has 0 amide bonds. The third-order valence-corrected chi connectivity index (χ3v) is 4.10. The number of piperidine rings is 1. The van der Waals surface area contributed by atoms with Crippen molar-refractivity contribution in [2.45, 2.75) is 18.9 Å². The highest BCUT2D eigenvalue weighted by molar-refractivity contribution is 5.97. The topological polar surface area (TPSA) is 66.7 Å². The fraction of sp³-hybridized carbons (Fsp3) is 0.533. The van der Waals surface area contributed by atoms with Crippen LogP contribution in [-0.2, 0) is 0 Å². The number of ketones is 1. The lowest BCUT2D eigenvalue weighted by molar-refractivity contribution is -0.384. The Kier molecular flexibility index (Phi) is 5.03. The molecule has 0 aromatic heterocycles. The molecule has 0 radical (unpaired) electrons. The number of hydrogen-bond donors (Lipinski definition) is 0. The van der Waals surface area contributed by atoms with Gasteiger partial charge in [-0.25, -0.2) is 0 Å². The third-order valence-electron chi connectivity index (χ3n) is 4.10. The second kappa shape index (κ2) is 6.78. The van der Waals surface area contributed by atoms with Gasteiger partial charge in [0.25, 0.3) is 5.69 Å². The van der Waals surface area contributed by atoms with Gasteiger partial charge in [-0.05, 0) is 52.2 Å². The second-order valence-electron chi connectivity index (χ2n) is 5.68. The number of rotatable bonds is 5. The number of nitrogens with zero attached hydrogens (tertiary/aromatic N) is 3. The molecule has 21 heavy (non-hydrogen) atoms. The van der Waals surface area contributed by atoms with E-state index >= 15 is 0 Å². The number of carbonyl (C=O) groups is 1. The van der Waals surface area contributed by atoms with Crippen LogP contribution in [0.1, 0.15) is 23.2 Å². The fourth-order valence-electron chi connectivity index (χ4n) is 2.65. The predicted molar refractivity (Wildman–Crippen MR) is 80.6 cm³/mol. The van der Waals surface area contributed by atoms with E-state index in [2.05, 4.69) is 16.8 Å². The molecular weight excluding hydrogens is 270 g/mol. The standard InChI is InChI=1S/C15H21N3O3/c1-16-9-7-13(8-10-16)17(2)11-15(19)12-3-5-14(6-4-12)18(20)21/h3-6,13H,7-11H2,1-2H3. The summed E-state index contributed by atoms with van der Waals surface area (Å²) in [6.07, 6.45) is 2.14. The summed E-state index contributed by atoms with van der Waals surface area (Å²) in [6.45, 7) is 2.47. The largest absolute Gasteiger partial charge is 0.306 e. The maximum Gasteiger partial charge on any atom is 0.269 e. The number of benzene rings is 1. The van der Waals surface area contributed by atoms with E-state index in [1.807, 2.05) is 7.05 Å². The Morgan fingerprint density at radius 2 is 1.90 bits per heavy atom. The van der Waals surface area contributed by atoms with Gasteiger partial charge in [0.2, 0.25) is 0 Å². The van der Waals surface area contributed by atoms with Crippen molar-refractivity contribution in [3.05, 3.63) is 39.9 Å². The summed E-state index contributed by atoms with van der Waals surface area (Å²) in [5, 5.41) is 10.6. The van der Waals surface area contributed by atoms with E-state index in [0.29, 0.717) is 18.2 Å². The summed E-state index contributed by atoms with van der Waals surface area (Å²) in [5.74, 6) is 0.00586. The molecule has 6 nitrogen and oxygen atoms in total. The van der Waals surface area contributed by atoms with Crippen molar-refractivity contribution >= 4 is 11.5 Å². The van der Waals surface area contributed by atoms with Crippen molar-refractivity contribution in [3.8, 4) is 0 Å². The Hall–Kier alpha value is -1.79. The molecule has 1 aliphatic rings. The van der Waals surface area contributed by atoms with Gasteiger partial charge in [-0.1, -0.05) is 0 Å². The first-order valence-corrected chi connectivity index (χ1v) is 7.14. The van der Waals surface area contributed by atoms with Gasteiger partial charge in [-0.3, -0.25) is 19.8 Å². The van der Waals surface area contributed by atoms with E-state index in [0.717, 1.165) is 25.9 Å². The molecule has 0 atom stereocenters. The minimum atomic E-state index is -0.459. The van der Waals surface area contributed by atoms with Gasteiger partial charge in [-0.2, -0.15) is 0 Å². The van der Waals surface area contributed by atoms with Crippen LogP contribution in [0.15, 0.2) is 24.3 Å². The summed E-state index contributed by atoms with van der Waals surface area (Å²) in [6, 6.07) is 6.25. The molecule has 6 heteroatoms. The maximum absolute atomic E-state index is 12.2.